The molecule has 0 spiro atoms. The Morgan fingerprint density at radius 1 is 1.53 bits per heavy atom. The van der Waals surface area contributed by atoms with Crippen LogP contribution in [0.4, 0.5) is 0 Å². The van der Waals surface area contributed by atoms with E-state index in [0.717, 1.165) is 31.1 Å². The number of thioether (sulfide) groups is 1. The maximum atomic E-state index is 5.61. The standard InChI is InChI=1S/C15H24N2OS/c1-4-6-16-9-13-8-11(2)15(17-10-13)19-14-5-7-18-12(14)3/h8,10,12,14,16H,4-7,9H2,1-3H3. The zero-order chi connectivity index (χ0) is 13.7. The van der Waals surface area contributed by atoms with E-state index in [0.29, 0.717) is 11.4 Å². The third kappa shape index (κ3) is 4.20. The number of aromatic nitrogens is 1. The summed E-state index contributed by atoms with van der Waals surface area (Å²) in [5.41, 5.74) is 2.55. The number of ether oxygens (including phenoxy) is 1. The fourth-order valence-electron chi connectivity index (χ4n) is 2.26. The van der Waals surface area contributed by atoms with Crippen LogP contribution in [0.3, 0.4) is 0 Å². The minimum atomic E-state index is 0.345. The van der Waals surface area contributed by atoms with Crippen LogP contribution in [0.25, 0.3) is 0 Å². The quantitative estimate of drug-likeness (QED) is 0.812. The molecule has 2 unspecified atom stereocenters. The van der Waals surface area contributed by atoms with Crippen LogP contribution in [-0.4, -0.2) is 29.5 Å². The molecule has 1 fully saturated rings. The lowest BCUT2D eigenvalue weighted by atomic mass is 10.2. The van der Waals surface area contributed by atoms with Gasteiger partial charge in [-0.15, -0.1) is 0 Å². The number of nitrogens with zero attached hydrogens (tertiary/aromatic N) is 1. The highest BCUT2D eigenvalue weighted by molar-refractivity contribution is 8.00. The van der Waals surface area contributed by atoms with Crippen LogP contribution < -0.4 is 5.32 Å². The first kappa shape index (κ1) is 14.8. The maximum absolute atomic E-state index is 5.61. The van der Waals surface area contributed by atoms with Gasteiger partial charge in [-0.3, -0.25) is 0 Å². The monoisotopic (exact) mass is 280 g/mol. The fraction of sp³-hybridized carbons (Fsp3) is 0.667. The Kier molecular flexibility index (Phi) is 5.67. The molecule has 0 saturated carbocycles. The molecule has 1 aromatic heterocycles. The molecule has 0 aromatic carbocycles. The third-order valence-electron chi connectivity index (χ3n) is 3.41. The molecule has 2 rings (SSSR count). The highest BCUT2D eigenvalue weighted by atomic mass is 32.2. The van der Waals surface area contributed by atoms with E-state index < -0.39 is 0 Å². The van der Waals surface area contributed by atoms with Gasteiger partial charge in [0.2, 0.25) is 0 Å². The summed E-state index contributed by atoms with van der Waals surface area (Å²) < 4.78 is 5.61. The van der Waals surface area contributed by atoms with Crippen molar-refractivity contribution in [2.24, 2.45) is 0 Å². The number of hydrogen-bond acceptors (Lipinski definition) is 4. The van der Waals surface area contributed by atoms with Gasteiger partial charge >= 0.3 is 0 Å². The summed E-state index contributed by atoms with van der Waals surface area (Å²) in [4.78, 5) is 4.62. The van der Waals surface area contributed by atoms with Gasteiger partial charge in [-0.2, -0.15) is 0 Å². The normalized spacial score (nSPS) is 22.9. The van der Waals surface area contributed by atoms with Crippen molar-refractivity contribution in [2.75, 3.05) is 13.2 Å². The molecule has 4 heteroatoms. The number of rotatable bonds is 6. The molecule has 0 radical (unpaired) electrons. The van der Waals surface area contributed by atoms with E-state index in [4.69, 9.17) is 4.74 Å². The number of aryl methyl sites for hydroxylation is 1. The Balaban J connectivity index is 1.94. The second-order valence-electron chi connectivity index (χ2n) is 5.16. The van der Waals surface area contributed by atoms with E-state index in [2.05, 4.69) is 37.1 Å². The second kappa shape index (κ2) is 7.27. The van der Waals surface area contributed by atoms with Crippen LogP contribution in [0.5, 0.6) is 0 Å². The summed E-state index contributed by atoms with van der Waals surface area (Å²) in [5.74, 6) is 0. The molecule has 0 amide bonds. The average molecular weight is 280 g/mol. The molecule has 2 heterocycles. The summed E-state index contributed by atoms with van der Waals surface area (Å²) >= 11 is 1.87. The molecule has 1 saturated heterocycles. The maximum Gasteiger partial charge on any atom is 0.0992 e. The zero-order valence-corrected chi connectivity index (χ0v) is 12.9. The highest BCUT2D eigenvalue weighted by Gasteiger charge is 2.26. The first-order chi connectivity index (χ1) is 9.20. The fourth-order valence-corrected chi connectivity index (χ4v) is 3.39. The molecule has 1 aliphatic rings. The van der Waals surface area contributed by atoms with Crippen LogP contribution >= 0.6 is 11.8 Å². The van der Waals surface area contributed by atoms with Crippen LogP contribution in [0, 0.1) is 6.92 Å². The molecule has 3 nitrogen and oxygen atoms in total. The van der Waals surface area contributed by atoms with E-state index in [9.17, 15) is 0 Å². The van der Waals surface area contributed by atoms with Gasteiger partial charge in [0.05, 0.1) is 11.1 Å². The molecular formula is C15H24N2OS. The van der Waals surface area contributed by atoms with E-state index in [1.807, 2.05) is 18.0 Å². The van der Waals surface area contributed by atoms with Crippen molar-refractivity contribution in [2.45, 2.75) is 56.5 Å². The summed E-state index contributed by atoms with van der Waals surface area (Å²) in [6.07, 6.45) is 4.64. The van der Waals surface area contributed by atoms with E-state index >= 15 is 0 Å². The predicted molar refractivity (Wildman–Crippen MR) is 80.6 cm³/mol. The molecule has 106 valence electrons. The Labute approximate surface area is 120 Å². The van der Waals surface area contributed by atoms with Crippen molar-refractivity contribution >= 4 is 11.8 Å². The van der Waals surface area contributed by atoms with Crippen molar-refractivity contribution in [1.29, 1.82) is 0 Å². The van der Waals surface area contributed by atoms with E-state index in [-0.39, 0.29) is 0 Å². The second-order valence-corrected chi connectivity index (χ2v) is 6.39. The first-order valence-electron chi connectivity index (χ1n) is 7.15. The third-order valence-corrected chi connectivity index (χ3v) is 4.98. The van der Waals surface area contributed by atoms with Gasteiger partial charge in [-0.1, -0.05) is 24.8 Å². The van der Waals surface area contributed by atoms with Gasteiger partial charge in [0.1, 0.15) is 0 Å². The lowest BCUT2D eigenvalue weighted by molar-refractivity contribution is 0.127. The van der Waals surface area contributed by atoms with Gasteiger partial charge in [0.25, 0.3) is 0 Å². The van der Waals surface area contributed by atoms with E-state index in [1.54, 1.807) is 0 Å². The first-order valence-corrected chi connectivity index (χ1v) is 8.03. The Bertz CT molecular complexity index is 411. The van der Waals surface area contributed by atoms with Gasteiger partial charge in [0.15, 0.2) is 0 Å². The number of nitrogens with one attached hydrogen (secondary N) is 1. The molecule has 0 aliphatic carbocycles. The minimum absolute atomic E-state index is 0.345. The van der Waals surface area contributed by atoms with Crippen molar-refractivity contribution in [3.63, 3.8) is 0 Å². The smallest absolute Gasteiger partial charge is 0.0992 e. The molecule has 1 N–H and O–H groups in total. The zero-order valence-electron chi connectivity index (χ0n) is 12.1. The Morgan fingerprint density at radius 3 is 3.00 bits per heavy atom. The largest absolute Gasteiger partial charge is 0.377 e. The van der Waals surface area contributed by atoms with Crippen molar-refractivity contribution in [1.82, 2.24) is 10.3 Å². The van der Waals surface area contributed by atoms with Crippen LogP contribution in [0.2, 0.25) is 0 Å². The summed E-state index contributed by atoms with van der Waals surface area (Å²) in [6.45, 7) is 9.35. The Hall–Kier alpha value is -0.580. The molecule has 2 atom stereocenters. The molecule has 1 aliphatic heterocycles. The van der Waals surface area contributed by atoms with Gasteiger partial charge in [0, 0.05) is 24.6 Å². The molecule has 1 aromatic rings. The van der Waals surface area contributed by atoms with Crippen molar-refractivity contribution in [3.8, 4) is 0 Å². The summed E-state index contributed by atoms with van der Waals surface area (Å²) in [5, 5.41) is 5.12. The lowest BCUT2D eigenvalue weighted by Gasteiger charge is -2.14. The topological polar surface area (TPSA) is 34.2 Å². The van der Waals surface area contributed by atoms with Gasteiger partial charge in [-0.25, -0.2) is 4.98 Å². The number of pyridine rings is 1. The Morgan fingerprint density at radius 2 is 2.37 bits per heavy atom. The molecule has 19 heavy (non-hydrogen) atoms. The molecular weight excluding hydrogens is 256 g/mol. The summed E-state index contributed by atoms with van der Waals surface area (Å²) in [7, 11) is 0. The van der Waals surface area contributed by atoms with Gasteiger partial charge < -0.3 is 10.1 Å². The number of hydrogen-bond donors (Lipinski definition) is 1. The van der Waals surface area contributed by atoms with Crippen LogP contribution in [0.15, 0.2) is 17.3 Å². The van der Waals surface area contributed by atoms with Crippen molar-refractivity contribution in [3.05, 3.63) is 23.4 Å². The SMILES string of the molecule is CCCNCc1cnc(SC2CCOC2C)c(C)c1. The average Bonchev–Trinajstić information content (AvgIpc) is 2.79. The summed E-state index contributed by atoms with van der Waals surface area (Å²) in [6, 6.07) is 2.25. The predicted octanol–water partition coefficient (Wildman–Crippen LogP) is 3.16. The van der Waals surface area contributed by atoms with Crippen LogP contribution in [-0.2, 0) is 11.3 Å². The van der Waals surface area contributed by atoms with E-state index in [1.165, 1.54) is 17.5 Å². The highest BCUT2D eigenvalue weighted by Crippen LogP contribution is 2.33. The van der Waals surface area contributed by atoms with Crippen molar-refractivity contribution < 1.29 is 4.74 Å². The van der Waals surface area contributed by atoms with Gasteiger partial charge in [-0.05, 0) is 44.4 Å². The van der Waals surface area contributed by atoms with Crippen LogP contribution in [0.1, 0.15) is 37.8 Å². The minimum Gasteiger partial charge on any atom is -0.377 e. The molecule has 0 bridgehead atoms. The lowest BCUT2D eigenvalue weighted by Crippen LogP contribution is -2.15.